The molecule has 0 aromatic heterocycles. The van der Waals surface area contributed by atoms with Gasteiger partial charge in [-0.15, -0.1) is 0 Å². The zero-order chi connectivity index (χ0) is 13.4. The lowest BCUT2D eigenvalue weighted by atomic mass is 9.90. The molecule has 2 aromatic rings. The Bertz CT molecular complexity index is 691. The molecule has 2 aromatic carbocycles. The van der Waals surface area contributed by atoms with E-state index >= 15 is 0 Å². The zero-order valence-electron chi connectivity index (χ0n) is 9.86. The predicted molar refractivity (Wildman–Crippen MR) is 74.7 cm³/mol. The number of nitriles is 1. The van der Waals surface area contributed by atoms with Crippen LogP contribution in [0, 0.1) is 11.3 Å². The van der Waals surface area contributed by atoms with Crippen LogP contribution in [0.5, 0.6) is 5.75 Å². The third-order valence-electron chi connectivity index (χ3n) is 3.26. The average Bonchev–Trinajstić information content (AvgIpc) is 2.59. The largest absolute Gasteiger partial charge is 0.487 e. The summed E-state index contributed by atoms with van der Waals surface area (Å²) >= 11 is 12.2. The quantitative estimate of drug-likeness (QED) is 0.713. The van der Waals surface area contributed by atoms with Crippen LogP contribution in [0.2, 0.25) is 10.0 Å². The molecule has 0 bridgehead atoms. The minimum atomic E-state index is -0.386. The maximum absolute atomic E-state index is 9.49. The summed E-state index contributed by atoms with van der Waals surface area (Å²) in [7, 11) is 0. The molecule has 1 heterocycles. The van der Waals surface area contributed by atoms with Gasteiger partial charge in [0.25, 0.3) is 0 Å². The minimum absolute atomic E-state index is 0.368. The summed E-state index contributed by atoms with van der Waals surface area (Å²) in [5.74, 6) is 0.125. The summed E-state index contributed by atoms with van der Waals surface area (Å²) in [6.45, 7) is 0.390. The highest BCUT2D eigenvalue weighted by Gasteiger charge is 2.26. The fourth-order valence-electron chi connectivity index (χ4n) is 2.32. The Labute approximate surface area is 121 Å². The van der Waals surface area contributed by atoms with Gasteiger partial charge in [0.2, 0.25) is 0 Å². The monoisotopic (exact) mass is 289 g/mol. The van der Waals surface area contributed by atoms with Crippen LogP contribution in [0.15, 0.2) is 36.4 Å². The van der Waals surface area contributed by atoms with Gasteiger partial charge in [0, 0.05) is 5.56 Å². The second-order valence-electron chi connectivity index (χ2n) is 4.33. The van der Waals surface area contributed by atoms with E-state index < -0.39 is 0 Å². The molecule has 3 rings (SSSR count). The molecule has 0 saturated carbocycles. The number of nitrogens with zero attached hydrogens (tertiary/aromatic N) is 1. The summed E-state index contributed by atoms with van der Waals surface area (Å²) in [5.41, 5.74) is 2.72. The first-order valence-corrected chi connectivity index (χ1v) is 6.56. The van der Waals surface area contributed by atoms with Gasteiger partial charge in [-0.25, -0.2) is 0 Å². The summed E-state index contributed by atoms with van der Waals surface area (Å²) < 4.78 is 5.75. The van der Waals surface area contributed by atoms with E-state index in [1.807, 2.05) is 24.3 Å². The number of fused-ring (bicyclic) bond motifs is 2. The highest BCUT2D eigenvalue weighted by molar-refractivity contribution is 6.43. The molecule has 0 N–H and O–H groups in total. The first-order valence-electron chi connectivity index (χ1n) is 5.80. The molecule has 0 amide bonds. The van der Waals surface area contributed by atoms with Crippen LogP contribution in [-0.2, 0) is 6.61 Å². The van der Waals surface area contributed by atoms with Crippen LogP contribution in [-0.4, -0.2) is 0 Å². The molecule has 1 unspecified atom stereocenters. The SMILES string of the molecule is N#CC1c2ccccc2COc2c1ccc(Cl)c2Cl. The van der Waals surface area contributed by atoms with Crippen molar-refractivity contribution in [3.63, 3.8) is 0 Å². The fourth-order valence-corrected chi connectivity index (χ4v) is 2.70. The summed E-state index contributed by atoms with van der Waals surface area (Å²) in [4.78, 5) is 0. The Morgan fingerprint density at radius 3 is 2.68 bits per heavy atom. The van der Waals surface area contributed by atoms with E-state index in [4.69, 9.17) is 27.9 Å². The highest BCUT2D eigenvalue weighted by Crippen LogP contribution is 2.43. The van der Waals surface area contributed by atoms with E-state index in [0.29, 0.717) is 22.4 Å². The van der Waals surface area contributed by atoms with Crippen LogP contribution in [0.4, 0.5) is 0 Å². The lowest BCUT2D eigenvalue weighted by molar-refractivity contribution is 0.307. The standard InChI is InChI=1S/C15H9Cl2NO/c16-13-6-5-11-12(7-18)10-4-2-1-3-9(10)8-19-15(11)14(13)17/h1-6,12H,8H2. The van der Waals surface area contributed by atoms with Crippen molar-refractivity contribution in [2.45, 2.75) is 12.5 Å². The van der Waals surface area contributed by atoms with Gasteiger partial charge in [-0.3, -0.25) is 0 Å². The van der Waals surface area contributed by atoms with Crippen LogP contribution >= 0.6 is 23.2 Å². The Morgan fingerprint density at radius 2 is 1.89 bits per heavy atom. The van der Waals surface area contributed by atoms with Crippen LogP contribution < -0.4 is 4.74 Å². The first kappa shape index (κ1) is 12.3. The van der Waals surface area contributed by atoms with Gasteiger partial charge >= 0.3 is 0 Å². The van der Waals surface area contributed by atoms with Gasteiger partial charge in [-0.1, -0.05) is 53.5 Å². The van der Waals surface area contributed by atoms with Gasteiger partial charge < -0.3 is 4.74 Å². The third kappa shape index (κ3) is 1.96. The van der Waals surface area contributed by atoms with Gasteiger partial charge in [0.1, 0.15) is 23.3 Å². The van der Waals surface area contributed by atoms with Gasteiger partial charge in [-0.05, 0) is 17.2 Å². The van der Waals surface area contributed by atoms with Crippen LogP contribution in [0.3, 0.4) is 0 Å². The topological polar surface area (TPSA) is 33.0 Å². The molecule has 1 atom stereocenters. The fraction of sp³-hybridized carbons (Fsp3) is 0.133. The molecule has 2 nitrogen and oxygen atoms in total. The molecular weight excluding hydrogens is 281 g/mol. The summed E-state index contributed by atoms with van der Waals surface area (Å²) in [6, 6.07) is 13.6. The van der Waals surface area contributed by atoms with Crippen molar-refractivity contribution in [2.24, 2.45) is 0 Å². The van der Waals surface area contributed by atoms with Gasteiger partial charge in [-0.2, -0.15) is 5.26 Å². The number of halogens is 2. The van der Waals surface area contributed by atoms with Crippen LogP contribution in [0.1, 0.15) is 22.6 Å². The van der Waals surface area contributed by atoms with Gasteiger partial charge in [0.15, 0.2) is 0 Å². The minimum Gasteiger partial charge on any atom is -0.487 e. The maximum atomic E-state index is 9.49. The molecule has 0 radical (unpaired) electrons. The molecule has 4 heteroatoms. The smallest absolute Gasteiger partial charge is 0.144 e. The molecular formula is C15H9Cl2NO. The Balaban J connectivity index is 2.26. The number of hydrogen-bond donors (Lipinski definition) is 0. The molecule has 0 saturated heterocycles. The molecule has 94 valence electrons. The molecule has 0 spiro atoms. The third-order valence-corrected chi connectivity index (χ3v) is 4.05. The summed E-state index contributed by atoms with van der Waals surface area (Å²) in [6.07, 6.45) is 0. The Hall–Kier alpha value is -1.69. The van der Waals surface area contributed by atoms with Crippen molar-refractivity contribution >= 4 is 23.2 Å². The highest BCUT2D eigenvalue weighted by atomic mass is 35.5. The number of rotatable bonds is 0. The van der Waals surface area contributed by atoms with E-state index in [0.717, 1.165) is 16.7 Å². The number of hydrogen-bond acceptors (Lipinski definition) is 2. The molecule has 1 aliphatic heterocycles. The second kappa shape index (κ2) is 4.77. The van der Waals surface area contributed by atoms with Crippen molar-refractivity contribution < 1.29 is 4.74 Å². The number of ether oxygens (including phenoxy) is 1. The van der Waals surface area contributed by atoms with E-state index in [-0.39, 0.29) is 5.92 Å². The second-order valence-corrected chi connectivity index (χ2v) is 5.11. The lowest BCUT2D eigenvalue weighted by Crippen LogP contribution is -1.99. The van der Waals surface area contributed by atoms with Crippen molar-refractivity contribution in [3.8, 4) is 11.8 Å². The van der Waals surface area contributed by atoms with Crippen molar-refractivity contribution in [1.82, 2.24) is 0 Å². The average molecular weight is 290 g/mol. The molecule has 19 heavy (non-hydrogen) atoms. The van der Waals surface area contributed by atoms with E-state index in [2.05, 4.69) is 6.07 Å². The summed E-state index contributed by atoms with van der Waals surface area (Å²) in [5, 5.41) is 10.3. The normalized spacial score (nSPS) is 16.6. The van der Waals surface area contributed by atoms with Crippen molar-refractivity contribution in [3.05, 3.63) is 63.1 Å². The molecule has 0 fully saturated rings. The first-order chi connectivity index (χ1) is 9.22. The van der Waals surface area contributed by atoms with E-state index in [9.17, 15) is 5.26 Å². The maximum Gasteiger partial charge on any atom is 0.144 e. The zero-order valence-corrected chi connectivity index (χ0v) is 11.4. The van der Waals surface area contributed by atoms with Crippen molar-refractivity contribution in [2.75, 3.05) is 0 Å². The Kier molecular flexibility index (Phi) is 3.10. The van der Waals surface area contributed by atoms with E-state index in [1.54, 1.807) is 12.1 Å². The lowest BCUT2D eigenvalue weighted by Gasteiger charge is -2.13. The van der Waals surface area contributed by atoms with Crippen molar-refractivity contribution in [1.29, 1.82) is 5.26 Å². The predicted octanol–water partition coefficient (Wildman–Crippen LogP) is 4.54. The van der Waals surface area contributed by atoms with E-state index in [1.165, 1.54) is 0 Å². The molecule has 1 aliphatic rings. The Morgan fingerprint density at radius 1 is 1.11 bits per heavy atom. The van der Waals surface area contributed by atoms with Crippen LogP contribution in [0.25, 0.3) is 0 Å². The molecule has 0 aliphatic carbocycles. The van der Waals surface area contributed by atoms with Gasteiger partial charge in [0.05, 0.1) is 11.1 Å². The number of benzene rings is 2.